The average molecular weight is 349 g/mol. The molecule has 0 radical (unpaired) electrons. The molecule has 24 heavy (non-hydrogen) atoms. The topological polar surface area (TPSA) is 55.8 Å². The Morgan fingerprint density at radius 3 is 2.38 bits per heavy atom. The Bertz CT molecular complexity index is 657. The lowest BCUT2D eigenvalue weighted by molar-refractivity contribution is -0.174. The average Bonchev–Trinajstić information content (AvgIpc) is 2.62. The van der Waals surface area contributed by atoms with Crippen LogP contribution in [0.25, 0.3) is 0 Å². The van der Waals surface area contributed by atoms with Gasteiger partial charge in [-0.05, 0) is 36.6 Å². The summed E-state index contributed by atoms with van der Waals surface area (Å²) in [6, 6.07) is 16.6. The van der Waals surface area contributed by atoms with Gasteiger partial charge in [-0.15, -0.1) is 0 Å². The van der Waals surface area contributed by atoms with Crippen LogP contribution in [0.2, 0.25) is 5.02 Å². The highest BCUT2D eigenvalue weighted by molar-refractivity contribution is 6.30. The summed E-state index contributed by atoms with van der Waals surface area (Å²) in [5, 5.41) is 11.1. The van der Waals surface area contributed by atoms with E-state index in [4.69, 9.17) is 16.3 Å². The first-order valence-corrected chi connectivity index (χ1v) is 8.05. The molecule has 128 valence electrons. The van der Waals surface area contributed by atoms with Gasteiger partial charge < -0.3 is 14.6 Å². The lowest BCUT2D eigenvalue weighted by Crippen LogP contribution is -2.45. The van der Waals surface area contributed by atoms with Crippen molar-refractivity contribution in [1.29, 1.82) is 0 Å². The largest absolute Gasteiger partial charge is 0.467 e. The van der Waals surface area contributed by atoms with E-state index in [9.17, 15) is 9.90 Å². The van der Waals surface area contributed by atoms with Crippen LogP contribution in [0.3, 0.4) is 0 Å². The molecule has 2 atom stereocenters. The van der Waals surface area contributed by atoms with Crippen LogP contribution in [-0.2, 0) is 26.3 Å². The maximum atomic E-state index is 11.8. The van der Waals surface area contributed by atoms with Crippen LogP contribution < -0.4 is 0 Å². The zero-order valence-corrected chi connectivity index (χ0v) is 14.5. The third-order valence-corrected chi connectivity index (χ3v) is 4.25. The van der Waals surface area contributed by atoms with Gasteiger partial charge in [0.05, 0.1) is 13.7 Å². The van der Waals surface area contributed by atoms with E-state index >= 15 is 0 Å². The highest BCUT2D eigenvalue weighted by atomic mass is 35.5. The van der Waals surface area contributed by atoms with Crippen molar-refractivity contribution in [3.05, 3.63) is 70.7 Å². The third kappa shape index (κ3) is 4.35. The minimum atomic E-state index is -1.42. The molecule has 0 aliphatic rings. The smallest absolute Gasteiger partial charge is 0.338 e. The molecular weight excluding hydrogens is 328 g/mol. The molecule has 0 aromatic heterocycles. The van der Waals surface area contributed by atoms with Crippen LogP contribution in [0, 0.1) is 0 Å². The number of aliphatic hydroxyl groups is 1. The van der Waals surface area contributed by atoms with E-state index in [1.165, 1.54) is 7.11 Å². The highest BCUT2D eigenvalue weighted by Gasteiger charge is 2.41. The summed E-state index contributed by atoms with van der Waals surface area (Å²) in [5.41, 5.74) is 0.571. The minimum Gasteiger partial charge on any atom is -0.467 e. The van der Waals surface area contributed by atoms with Crippen LogP contribution in [0.4, 0.5) is 0 Å². The Hall–Kier alpha value is -1.88. The van der Waals surface area contributed by atoms with Crippen LogP contribution >= 0.6 is 11.6 Å². The number of hydrogen-bond donors (Lipinski definition) is 1. The van der Waals surface area contributed by atoms with Crippen molar-refractivity contribution in [2.45, 2.75) is 25.0 Å². The Kier molecular flexibility index (Phi) is 6.37. The van der Waals surface area contributed by atoms with Crippen molar-refractivity contribution in [2.24, 2.45) is 0 Å². The Labute approximate surface area is 147 Å². The molecule has 2 aromatic carbocycles. The molecule has 0 amide bonds. The number of carbonyl (C=O) groups excluding carboxylic acids is 1. The van der Waals surface area contributed by atoms with E-state index in [1.54, 1.807) is 6.92 Å². The van der Waals surface area contributed by atoms with Gasteiger partial charge in [-0.2, -0.15) is 0 Å². The first-order valence-electron chi connectivity index (χ1n) is 7.67. The summed E-state index contributed by atoms with van der Waals surface area (Å²) in [5.74, 6) is -0.729. The number of esters is 1. The van der Waals surface area contributed by atoms with Gasteiger partial charge in [0.15, 0.2) is 6.10 Å². The lowest BCUT2D eigenvalue weighted by atomic mass is 9.89. The second kappa shape index (κ2) is 8.29. The first kappa shape index (κ1) is 18.5. The molecular formula is C19H21ClO4. The second-order valence-corrected chi connectivity index (χ2v) is 6.06. The summed E-state index contributed by atoms with van der Waals surface area (Å²) >= 11 is 5.88. The second-order valence-electron chi connectivity index (χ2n) is 5.62. The number of benzene rings is 2. The van der Waals surface area contributed by atoms with E-state index in [1.807, 2.05) is 54.6 Å². The standard InChI is InChI=1S/C19H21ClO4/c1-19(17(21)18(22)23-2,15-6-4-3-5-7-15)24-13-12-14-8-10-16(20)11-9-14/h3-11,17,21H,12-13H2,1-2H3. The molecule has 4 nitrogen and oxygen atoms in total. The van der Waals surface area contributed by atoms with Gasteiger partial charge in [0.1, 0.15) is 5.60 Å². The minimum absolute atomic E-state index is 0.334. The molecule has 0 heterocycles. The van der Waals surface area contributed by atoms with E-state index < -0.39 is 17.7 Å². The lowest BCUT2D eigenvalue weighted by Gasteiger charge is -2.33. The van der Waals surface area contributed by atoms with Crippen molar-refractivity contribution in [3.63, 3.8) is 0 Å². The summed E-state index contributed by atoms with van der Waals surface area (Å²) in [7, 11) is 1.24. The Morgan fingerprint density at radius 2 is 1.79 bits per heavy atom. The maximum Gasteiger partial charge on any atom is 0.338 e. The Balaban J connectivity index is 2.14. The summed E-state index contributed by atoms with van der Waals surface area (Å²) in [4.78, 5) is 11.8. The SMILES string of the molecule is COC(=O)C(O)C(C)(OCCc1ccc(Cl)cc1)c1ccccc1. The molecule has 0 aliphatic carbocycles. The van der Waals surface area contributed by atoms with Crippen molar-refractivity contribution in [2.75, 3.05) is 13.7 Å². The molecule has 0 fully saturated rings. The van der Waals surface area contributed by atoms with Crippen LogP contribution in [-0.4, -0.2) is 30.9 Å². The van der Waals surface area contributed by atoms with Crippen LogP contribution in [0.5, 0.6) is 0 Å². The quantitative estimate of drug-likeness (QED) is 0.780. The summed E-state index contributed by atoms with van der Waals surface area (Å²) in [6.07, 6.45) is -0.789. The predicted octanol–water partition coefficient (Wildman–Crippen LogP) is 3.35. The van der Waals surface area contributed by atoms with E-state index in [0.717, 1.165) is 5.56 Å². The molecule has 2 aromatic rings. The van der Waals surface area contributed by atoms with E-state index in [2.05, 4.69) is 4.74 Å². The highest BCUT2D eigenvalue weighted by Crippen LogP contribution is 2.30. The fourth-order valence-corrected chi connectivity index (χ4v) is 2.58. The number of carbonyl (C=O) groups is 1. The van der Waals surface area contributed by atoms with Crippen molar-refractivity contribution < 1.29 is 19.4 Å². The fraction of sp³-hybridized carbons (Fsp3) is 0.316. The molecule has 2 rings (SSSR count). The first-order chi connectivity index (χ1) is 11.5. The van der Waals surface area contributed by atoms with E-state index in [0.29, 0.717) is 23.6 Å². The molecule has 1 N–H and O–H groups in total. The van der Waals surface area contributed by atoms with Gasteiger partial charge in [0.25, 0.3) is 0 Å². The van der Waals surface area contributed by atoms with Gasteiger partial charge in [-0.3, -0.25) is 0 Å². The number of rotatable bonds is 7. The number of methoxy groups -OCH3 is 1. The Morgan fingerprint density at radius 1 is 1.17 bits per heavy atom. The molecule has 0 bridgehead atoms. The third-order valence-electron chi connectivity index (χ3n) is 4.00. The molecule has 0 saturated carbocycles. The van der Waals surface area contributed by atoms with Crippen LogP contribution in [0.1, 0.15) is 18.1 Å². The summed E-state index contributed by atoms with van der Waals surface area (Å²) < 4.78 is 10.6. The van der Waals surface area contributed by atoms with E-state index in [-0.39, 0.29) is 0 Å². The molecule has 0 saturated heterocycles. The predicted molar refractivity (Wildman–Crippen MR) is 92.9 cm³/mol. The van der Waals surface area contributed by atoms with Gasteiger partial charge in [-0.1, -0.05) is 54.1 Å². The normalized spacial score (nSPS) is 14.7. The zero-order chi connectivity index (χ0) is 17.6. The van der Waals surface area contributed by atoms with Crippen LogP contribution in [0.15, 0.2) is 54.6 Å². The molecule has 2 unspecified atom stereocenters. The molecule has 0 aliphatic heterocycles. The van der Waals surface area contributed by atoms with Crippen molar-refractivity contribution in [1.82, 2.24) is 0 Å². The van der Waals surface area contributed by atoms with Gasteiger partial charge in [-0.25, -0.2) is 4.79 Å². The van der Waals surface area contributed by atoms with Gasteiger partial charge >= 0.3 is 5.97 Å². The fourth-order valence-electron chi connectivity index (χ4n) is 2.46. The number of aliphatic hydroxyl groups excluding tert-OH is 1. The van der Waals surface area contributed by atoms with Crippen molar-refractivity contribution in [3.8, 4) is 0 Å². The number of ether oxygens (including phenoxy) is 2. The molecule has 5 heteroatoms. The summed E-state index contributed by atoms with van der Waals surface area (Å²) in [6.45, 7) is 2.02. The van der Waals surface area contributed by atoms with Gasteiger partial charge in [0, 0.05) is 5.02 Å². The maximum absolute atomic E-state index is 11.8. The van der Waals surface area contributed by atoms with Crippen molar-refractivity contribution >= 4 is 17.6 Å². The number of halogens is 1. The number of hydrogen-bond acceptors (Lipinski definition) is 4. The molecule has 0 spiro atoms. The van der Waals surface area contributed by atoms with Gasteiger partial charge in [0.2, 0.25) is 0 Å². The zero-order valence-electron chi connectivity index (χ0n) is 13.7. The monoisotopic (exact) mass is 348 g/mol.